The van der Waals surface area contributed by atoms with Crippen molar-refractivity contribution in [2.75, 3.05) is 0 Å². The van der Waals surface area contributed by atoms with Gasteiger partial charge in [-0.3, -0.25) is 4.98 Å². The first-order chi connectivity index (χ1) is 7.34. The molecule has 1 aromatic carbocycles. The SMILES string of the molecule is Cc1cccc([CH]Cc2cccnc2)c1. The van der Waals surface area contributed by atoms with E-state index in [9.17, 15) is 0 Å². The monoisotopic (exact) mass is 196 g/mol. The largest absolute Gasteiger partial charge is 0.264 e. The molecule has 2 rings (SSSR count). The zero-order valence-electron chi connectivity index (χ0n) is 8.85. The van der Waals surface area contributed by atoms with Crippen LogP contribution in [0.1, 0.15) is 16.7 Å². The van der Waals surface area contributed by atoms with E-state index in [1.54, 1.807) is 6.20 Å². The highest BCUT2D eigenvalue weighted by atomic mass is 14.6. The fourth-order valence-electron chi connectivity index (χ4n) is 1.55. The van der Waals surface area contributed by atoms with E-state index in [0.29, 0.717) is 0 Å². The second-order valence-electron chi connectivity index (χ2n) is 3.68. The molecule has 0 saturated heterocycles. The van der Waals surface area contributed by atoms with Gasteiger partial charge in [-0.1, -0.05) is 35.9 Å². The highest BCUT2D eigenvalue weighted by Crippen LogP contribution is 2.10. The number of aryl methyl sites for hydroxylation is 1. The summed E-state index contributed by atoms with van der Waals surface area (Å²) in [6.07, 6.45) is 6.88. The zero-order chi connectivity index (χ0) is 10.5. The maximum Gasteiger partial charge on any atom is 0.0300 e. The molecule has 0 fully saturated rings. The highest BCUT2D eigenvalue weighted by Gasteiger charge is 1.96. The molecule has 0 N–H and O–H groups in total. The van der Waals surface area contributed by atoms with Gasteiger partial charge in [-0.25, -0.2) is 0 Å². The Bertz CT molecular complexity index is 420. The van der Waals surface area contributed by atoms with Crippen molar-refractivity contribution in [2.24, 2.45) is 0 Å². The molecule has 0 amide bonds. The van der Waals surface area contributed by atoms with Gasteiger partial charge in [0, 0.05) is 12.4 Å². The summed E-state index contributed by atoms with van der Waals surface area (Å²) in [7, 11) is 0. The minimum absolute atomic E-state index is 0.942. The van der Waals surface area contributed by atoms with Crippen molar-refractivity contribution >= 4 is 0 Å². The minimum atomic E-state index is 0.942. The Hall–Kier alpha value is -1.63. The standard InChI is InChI=1S/C14H14N/c1-12-4-2-5-13(10-12)7-8-14-6-3-9-15-11-14/h2-7,9-11H,8H2,1H3. The first kappa shape index (κ1) is 9.91. The van der Waals surface area contributed by atoms with Gasteiger partial charge < -0.3 is 0 Å². The average molecular weight is 196 g/mol. The fourth-order valence-corrected chi connectivity index (χ4v) is 1.55. The molecule has 1 nitrogen and oxygen atoms in total. The lowest BCUT2D eigenvalue weighted by atomic mass is 10.0. The Morgan fingerprint density at radius 3 is 2.87 bits per heavy atom. The van der Waals surface area contributed by atoms with E-state index in [2.05, 4.69) is 48.7 Å². The lowest BCUT2D eigenvalue weighted by Crippen LogP contribution is -1.89. The summed E-state index contributed by atoms with van der Waals surface area (Å²) in [6.45, 7) is 2.11. The van der Waals surface area contributed by atoms with Gasteiger partial charge in [0.25, 0.3) is 0 Å². The van der Waals surface area contributed by atoms with Crippen LogP contribution in [0.25, 0.3) is 0 Å². The van der Waals surface area contributed by atoms with E-state index >= 15 is 0 Å². The molecule has 0 aliphatic carbocycles. The van der Waals surface area contributed by atoms with Crippen molar-refractivity contribution in [2.45, 2.75) is 13.3 Å². The van der Waals surface area contributed by atoms with Crippen LogP contribution >= 0.6 is 0 Å². The summed E-state index contributed by atoms with van der Waals surface area (Å²) in [5.74, 6) is 0. The van der Waals surface area contributed by atoms with Crippen molar-refractivity contribution in [3.05, 3.63) is 71.9 Å². The van der Waals surface area contributed by atoms with Gasteiger partial charge in [-0.05, 0) is 37.0 Å². The second kappa shape index (κ2) is 4.74. The Kier molecular flexibility index (Phi) is 3.13. The van der Waals surface area contributed by atoms with Crippen molar-refractivity contribution in [1.29, 1.82) is 0 Å². The Balaban J connectivity index is 1.99. The third-order valence-electron chi connectivity index (χ3n) is 2.34. The van der Waals surface area contributed by atoms with Crippen LogP contribution in [0, 0.1) is 13.3 Å². The van der Waals surface area contributed by atoms with Crippen LogP contribution < -0.4 is 0 Å². The van der Waals surface area contributed by atoms with Crippen LogP contribution in [0.4, 0.5) is 0 Å². The van der Waals surface area contributed by atoms with Crippen molar-refractivity contribution < 1.29 is 0 Å². The van der Waals surface area contributed by atoms with Crippen LogP contribution in [-0.4, -0.2) is 4.98 Å². The van der Waals surface area contributed by atoms with Gasteiger partial charge in [0.05, 0.1) is 0 Å². The van der Waals surface area contributed by atoms with E-state index in [1.165, 1.54) is 16.7 Å². The summed E-state index contributed by atoms with van der Waals surface area (Å²) < 4.78 is 0. The third-order valence-corrected chi connectivity index (χ3v) is 2.34. The van der Waals surface area contributed by atoms with Crippen LogP contribution in [0.2, 0.25) is 0 Å². The number of hydrogen-bond donors (Lipinski definition) is 0. The summed E-state index contributed by atoms with van der Waals surface area (Å²) in [4.78, 5) is 4.09. The molecule has 1 heterocycles. The Morgan fingerprint density at radius 2 is 2.13 bits per heavy atom. The maximum absolute atomic E-state index is 4.09. The molecule has 0 bridgehead atoms. The van der Waals surface area contributed by atoms with Gasteiger partial charge in [-0.2, -0.15) is 0 Å². The lowest BCUT2D eigenvalue weighted by Gasteiger charge is -2.02. The van der Waals surface area contributed by atoms with Gasteiger partial charge in [0.15, 0.2) is 0 Å². The molecule has 2 aromatic rings. The number of pyridine rings is 1. The molecule has 0 unspecified atom stereocenters. The number of aromatic nitrogens is 1. The zero-order valence-corrected chi connectivity index (χ0v) is 8.85. The molecule has 1 heteroatoms. The third kappa shape index (κ3) is 2.91. The second-order valence-corrected chi connectivity index (χ2v) is 3.68. The van der Waals surface area contributed by atoms with E-state index in [-0.39, 0.29) is 0 Å². The molecule has 0 spiro atoms. The molecule has 0 saturated carbocycles. The predicted octanol–water partition coefficient (Wildman–Crippen LogP) is 3.19. The van der Waals surface area contributed by atoms with Crippen LogP contribution in [-0.2, 0) is 6.42 Å². The van der Waals surface area contributed by atoms with Crippen LogP contribution in [0.3, 0.4) is 0 Å². The first-order valence-electron chi connectivity index (χ1n) is 5.13. The highest BCUT2D eigenvalue weighted by molar-refractivity contribution is 5.29. The molecule has 15 heavy (non-hydrogen) atoms. The van der Waals surface area contributed by atoms with Crippen LogP contribution in [0.15, 0.2) is 48.8 Å². The summed E-state index contributed by atoms with van der Waals surface area (Å²) in [6, 6.07) is 12.6. The van der Waals surface area contributed by atoms with Gasteiger partial charge >= 0.3 is 0 Å². The summed E-state index contributed by atoms with van der Waals surface area (Å²) >= 11 is 0. The number of hydrogen-bond acceptors (Lipinski definition) is 1. The first-order valence-corrected chi connectivity index (χ1v) is 5.13. The molecule has 1 aromatic heterocycles. The lowest BCUT2D eigenvalue weighted by molar-refractivity contribution is 1.12. The van der Waals surface area contributed by atoms with Crippen molar-refractivity contribution in [3.8, 4) is 0 Å². The number of nitrogens with zero attached hydrogens (tertiary/aromatic N) is 1. The summed E-state index contributed by atoms with van der Waals surface area (Å²) in [5, 5.41) is 0. The van der Waals surface area contributed by atoms with Crippen molar-refractivity contribution in [3.63, 3.8) is 0 Å². The van der Waals surface area contributed by atoms with Gasteiger partial charge in [0.2, 0.25) is 0 Å². The van der Waals surface area contributed by atoms with Crippen molar-refractivity contribution in [1.82, 2.24) is 4.98 Å². The molecule has 0 atom stereocenters. The van der Waals surface area contributed by atoms with Crippen LogP contribution in [0.5, 0.6) is 0 Å². The smallest absolute Gasteiger partial charge is 0.0300 e. The normalized spacial score (nSPS) is 10.2. The maximum atomic E-state index is 4.09. The predicted molar refractivity (Wildman–Crippen MR) is 62.5 cm³/mol. The van der Waals surface area contributed by atoms with E-state index in [4.69, 9.17) is 0 Å². The molecule has 75 valence electrons. The van der Waals surface area contributed by atoms with E-state index in [0.717, 1.165) is 6.42 Å². The number of benzene rings is 1. The molecule has 0 aliphatic heterocycles. The Morgan fingerprint density at radius 1 is 1.20 bits per heavy atom. The topological polar surface area (TPSA) is 12.9 Å². The van der Waals surface area contributed by atoms with Gasteiger partial charge in [-0.15, -0.1) is 0 Å². The van der Waals surface area contributed by atoms with Gasteiger partial charge in [0.1, 0.15) is 0 Å². The van der Waals surface area contributed by atoms with E-state index < -0.39 is 0 Å². The molecule has 0 aliphatic rings. The van der Waals surface area contributed by atoms with E-state index in [1.807, 2.05) is 12.3 Å². The fraction of sp³-hybridized carbons (Fsp3) is 0.143. The molecular weight excluding hydrogens is 182 g/mol. The molecule has 1 radical (unpaired) electrons. The number of rotatable bonds is 3. The average Bonchev–Trinajstić information content (AvgIpc) is 2.28. The quantitative estimate of drug-likeness (QED) is 0.734. The molecular formula is C14H14N. The summed E-state index contributed by atoms with van der Waals surface area (Å²) in [5.41, 5.74) is 3.83. The minimum Gasteiger partial charge on any atom is -0.264 e. The Labute approximate surface area is 90.8 Å².